The fourth-order valence-corrected chi connectivity index (χ4v) is 2.35. The second kappa shape index (κ2) is 7.94. The van der Waals surface area contributed by atoms with Crippen molar-refractivity contribution in [1.82, 2.24) is 0 Å². The maximum atomic E-state index is 12.1. The first-order valence-corrected chi connectivity index (χ1v) is 7.50. The third-order valence-corrected chi connectivity index (χ3v) is 3.56. The van der Waals surface area contributed by atoms with Crippen molar-refractivity contribution >= 4 is 40.5 Å². The molecule has 0 saturated carbocycles. The molecule has 0 spiro atoms. The minimum atomic E-state index is -0.243. The normalized spacial score (nSPS) is 10.1. The molecule has 1 amide bonds. The van der Waals surface area contributed by atoms with E-state index in [-0.39, 0.29) is 12.5 Å². The first kappa shape index (κ1) is 17.2. The van der Waals surface area contributed by atoms with Gasteiger partial charge in [0.05, 0.1) is 31.5 Å². The summed E-state index contributed by atoms with van der Waals surface area (Å²) in [6.07, 6.45) is 0. The zero-order chi connectivity index (χ0) is 16.8. The number of benzene rings is 2. The molecule has 5 nitrogen and oxygen atoms in total. The van der Waals surface area contributed by atoms with Crippen molar-refractivity contribution in [3.8, 4) is 11.5 Å². The number of carbonyl (C=O) groups excluding carboxylic acids is 1. The molecule has 0 fully saturated rings. The van der Waals surface area contributed by atoms with E-state index in [2.05, 4.69) is 10.6 Å². The molecule has 0 radical (unpaired) electrons. The van der Waals surface area contributed by atoms with Gasteiger partial charge in [0.1, 0.15) is 11.5 Å². The van der Waals surface area contributed by atoms with Crippen LogP contribution in [-0.4, -0.2) is 26.7 Å². The Kier molecular flexibility index (Phi) is 5.96. The van der Waals surface area contributed by atoms with E-state index in [9.17, 15) is 4.79 Å². The van der Waals surface area contributed by atoms with Gasteiger partial charge in [0.2, 0.25) is 5.91 Å². The van der Waals surface area contributed by atoms with Crippen LogP contribution in [0.5, 0.6) is 11.5 Å². The molecule has 0 aliphatic heterocycles. The molecule has 2 aromatic carbocycles. The van der Waals surface area contributed by atoms with Gasteiger partial charge in [0.25, 0.3) is 0 Å². The van der Waals surface area contributed by atoms with Gasteiger partial charge in [-0.1, -0.05) is 29.3 Å². The van der Waals surface area contributed by atoms with E-state index in [4.69, 9.17) is 32.7 Å². The highest BCUT2D eigenvalue weighted by molar-refractivity contribution is 6.32. The Morgan fingerprint density at radius 2 is 1.83 bits per heavy atom. The highest BCUT2D eigenvalue weighted by Gasteiger charge is 2.12. The van der Waals surface area contributed by atoms with Crippen LogP contribution in [0.3, 0.4) is 0 Å². The maximum Gasteiger partial charge on any atom is 0.243 e. The van der Waals surface area contributed by atoms with Crippen LogP contribution < -0.4 is 20.1 Å². The number of methoxy groups -OCH3 is 2. The fourth-order valence-electron chi connectivity index (χ4n) is 1.93. The number of hydrogen-bond acceptors (Lipinski definition) is 4. The van der Waals surface area contributed by atoms with Crippen LogP contribution in [0.25, 0.3) is 0 Å². The van der Waals surface area contributed by atoms with Crippen molar-refractivity contribution in [3.05, 3.63) is 46.4 Å². The van der Waals surface area contributed by atoms with Crippen molar-refractivity contribution in [2.45, 2.75) is 0 Å². The van der Waals surface area contributed by atoms with Gasteiger partial charge < -0.3 is 20.1 Å². The van der Waals surface area contributed by atoms with Gasteiger partial charge in [0, 0.05) is 22.8 Å². The predicted octanol–water partition coefficient (Wildman–Crippen LogP) is 4.06. The molecule has 0 aromatic heterocycles. The second-order valence-corrected chi connectivity index (χ2v) is 5.44. The maximum absolute atomic E-state index is 12.1. The van der Waals surface area contributed by atoms with E-state index in [0.29, 0.717) is 27.2 Å². The monoisotopic (exact) mass is 354 g/mol. The number of anilines is 2. The van der Waals surface area contributed by atoms with Crippen LogP contribution in [0.1, 0.15) is 0 Å². The Morgan fingerprint density at radius 3 is 2.48 bits per heavy atom. The smallest absolute Gasteiger partial charge is 0.243 e. The Hall–Kier alpha value is -2.11. The number of amides is 1. The highest BCUT2D eigenvalue weighted by atomic mass is 35.5. The van der Waals surface area contributed by atoms with E-state index in [1.54, 1.807) is 30.3 Å². The zero-order valence-electron chi connectivity index (χ0n) is 12.7. The largest absolute Gasteiger partial charge is 0.495 e. The number of halogens is 2. The molecular formula is C16H16Cl2N2O3. The van der Waals surface area contributed by atoms with E-state index < -0.39 is 0 Å². The van der Waals surface area contributed by atoms with E-state index in [0.717, 1.165) is 5.69 Å². The molecular weight excluding hydrogens is 339 g/mol. The van der Waals surface area contributed by atoms with Crippen molar-refractivity contribution in [2.75, 3.05) is 31.4 Å². The number of rotatable bonds is 6. The standard InChI is InChI=1S/C16H16Cl2N2O3/c1-22-14-8-13(15(23-2)7-12(14)18)20-16(21)9-19-11-5-3-4-10(17)6-11/h3-8,19H,9H2,1-2H3,(H,20,21). The summed E-state index contributed by atoms with van der Waals surface area (Å²) < 4.78 is 10.4. The predicted molar refractivity (Wildman–Crippen MR) is 93.1 cm³/mol. The van der Waals surface area contributed by atoms with Gasteiger partial charge in [-0.25, -0.2) is 0 Å². The molecule has 7 heteroatoms. The summed E-state index contributed by atoms with van der Waals surface area (Å²) in [5, 5.41) is 6.74. The molecule has 0 aliphatic rings. The van der Waals surface area contributed by atoms with E-state index in [1.165, 1.54) is 14.2 Å². The molecule has 122 valence electrons. The third kappa shape index (κ3) is 4.68. The Labute approximate surface area is 144 Å². The molecule has 0 bridgehead atoms. The van der Waals surface area contributed by atoms with Crippen molar-refractivity contribution in [2.24, 2.45) is 0 Å². The third-order valence-electron chi connectivity index (χ3n) is 3.03. The number of ether oxygens (including phenoxy) is 2. The second-order valence-electron chi connectivity index (χ2n) is 4.60. The summed E-state index contributed by atoms with van der Waals surface area (Å²) in [7, 11) is 3.00. The lowest BCUT2D eigenvalue weighted by Gasteiger charge is -2.13. The van der Waals surface area contributed by atoms with Gasteiger partial charge in [0.15, 0.2) is 0 Å². The Bertz CT molecular complexity index is 708. The lowest BCUT2D eigenvalue weighted by atomic mass is 10.2. The number of hydrogen-bond donors (Lipinski definition) is 2. The minimum absolute atomic E-state index is 0.0778. The molecule has 0 heterocycles. The fraction of sp³-hybridized carbons (Fsp3) is 0.188. The molecule has 0 atom stereocenters. The SMILES string of the molecule is COc1cc(NC(=O)CNc2cccc(Cl)c2)c(OC)cc1Cl. The average Bonchev–Trinajstić information content (AvgIpc) is 2.54. The molecule has 0 unspecified atom stereocenters. The summed E-state index contributed by atoms with van der Waals surface area (Å²) in [5.41, 5.74) is 1.24. The first-order chi connectivity index (χ1) is 11.0. The number of nitrogens with one attached hydrogen (secondary N) is 2. The summed E-state index contributed by atoms with van der Waals surface area (Å²) in [6.45, 7) is 0.0778. The van der Waals surface area contributed by atoms with Gasteiger partial charge >= 0.3 is 0 Å². The minimum Gasteiger partial charge on any atom is -0.495 e. The Balaban J connectivity index is 2.05. The van der Waals surface area contributed by atoms with Crippen LogP contribution in [-0.2, 0) is 4.79 Å². The molecule has 2 N–H and O–H groups in total. The van der Waals surface area contributed by atoms with Crippen LogP contribution >= 0.6 is 23.2 Å². The lowest BCUT2D eigenvalue weighted by molar-refractivity contribution is -0.114. The van der Waals surface area contributed by atoms with E-state index in [1.807, 2.05) is 6.07 Å². The summed E-state index contributed by atoms with van der Waals surface area (Å²) >= 11 is 11.9. The van der Waals surface area contributed by atoms with E-state index >= 15 is 0 Å². The number of carbonyl (C=O) groups is 1. The molecule has 0 saturated heterocycles. The van der Waals surface area contributed by atoms with Crippen molar-refractivity contribution in [1.29, 1.82) is 0 Å². The Morgan fingerprint density at radius 1 is 1.09 bits per heavy atom. The topological polar surface area (TPSA) is 59.6 Å². The van der Waals surface area contributed by atoms with Crippen LogP contribution in [0.2, 0.25) is 10.0 Å². The van der Waals surface area contributed by atoms with Crippen molar-refractivity contribution in [3.63, 3.8) is 0 Å². The summed E-state index contributed by atoms with van der Waals surface area (Å²) in [6, 6.07) is 10.3. The van der Waals surface area contributed by atoms with Crippen LogP contribution in [0, 0.1) is 0 Å². The average molecular weight is 355 g/mol. The van der Waals surface area contributed by atoms with Crippen LogP contribution in [0.15, 0.2) is 36.4 Å². The molecule has 0 aliphatic carbocycles. The van der Waals surface area contributed by atoms with Crippen LogP contribution in [0.4, 0.5) is 11.4 Å². The van der Waals surface area contributed by atoms with Gasteiger partial charge in [-0.3, -0.25) is 4.79 Å². The van der Waals surface area contributed by atoms with Gasteiger partial charge in [-0.15, -0.1) is 0 Å². The quantitative estimate of drug-likeness (QED) is 0.820. The molecule has 2 aromatic rings. The summed E-state index contributed by atoms with van der Waals surface area (Å²) in [4.78, 5) is 12.1. The molecule has 2 rings (SSSR count). The highest BCUT2D eigenvalue weighted by Crippen LogP contribution is 2.35. The lowest BCUT2D eigenvalue weighted by Crippen LogP contribution is -2.22. The van der Waals surface area contributed by atoms with Gasteiger partial charge in [-0.05, 0) is 18.2 Å². The first-order valence-electron chi connectivity index (χ1n) is 6.74. The summed E-state index contributed by atoms with van der Waals surface area (Å²) in [5.74, 6) is 0.658. The molecule has 23 heavy (non-hydrogen) atoms. The zero-order valence-corrected chi connectivity index (χ0v) is 14.2. The van der Waals surface area contributed by atoms with Gasteiger partial charge in [-0.2, -0.15) is 0 Å². The van der Waals surface area contributed by atoms with Crippen molar-refractivity contribution < 1.29 is 14.3 Å².